The SMILES string of the molecule is COc1ccc(C#N)c2c1CCCC2=O. The molecule has 1 aromatic carbocycles. The van der Waals surface area contributed by atoms with Crippen LogP contribution in [0, 0.1) is 11.3 Å². The van der Waals surface area contributed by atoms with Crippen molar-refractivity contribution < 1.29 is 9.53 Å². The molecule has 0 atom stereocenters. The Morgan fingerprint density at radius 3 is 2.87 bits per heavy atom. The molecule has 1 aliphatic carbocycles. The van der Waals surface area contributed by atoms with Gasteiger partial charge in [-0.3, -0.25) is 4.79 Å². The van der Waals surface area contributed by atoms with Crippen molar-refractivity contribution in [3.8, 4) is 11.8 Å². The first-order valence-corrected chi connectivity index (χ1v) is 4.91. The average Bonchev–Trinajstić information content (AvgIpc) is 2.28. The lowest BCUT2D eigenvalue weighted by molar-refractivity contribution is 0.0971. The molecule has 0 unspecified atom stereocenters. The maximum absolute atomic E-state index is 11.7. The first-order chi connectivity index (χ1) is 7.27. The van der Waals surface area contributed by atoms with Crippen molar-refractivity contribution in [2.24, 2.45) is 0 Å². The molecular formula is C12H11NO2. The van der Waals surface area contributed by atoms with Gasteiger partial charge in [0.25, 0.3) is 0 Å². The van der Waals surface area contributed by atoms with Crippen LogP contribution < -0.4 is 4.74 Å². The van der Waals surface area contributed by atoms with E-state index in [-0.39, 0.29) is 5.78 Å². The third-order valence-electron chi connectivity index (χ3n) is 2.72. The fourth-order valence-electron chi connectivity index (χ4n) is 2.03. The molecule has 0 bridgehead atoms. The molecular weight excluding hydrogens is 190 g/mol. The summed E-state index contributed by atoms with van der Waals surface area (Å²) in [7, 11) is 1.58. The first kappa shape index (κ1) is 9.72. The molecule has 0 spiro atoms. The van der Waals surface area contributed by atoms with Crippen molar-refractivity contribution in [2.75, 3.05) is 7.11 Å². The fourth-order valence-corrected chi connectivity index (χ4v) is 2.03. The van der Waals surface area contributed by atoms with Crippen LogP contribution in [-0.2, 0) is 6.42 Å². The highest BCUT2D eigenvalue weighted by molar-refractivity contribution is 6.01. The molecule has 15 heavy (non-hydrogen) atoms. The van der Waals surface area contributed by atoms with E-state index in [1.807, 2.05) is 0 Å². The minimum Gasteiger partial charge on any atom is -0.496 e. The molecule has 0 N–H and O–H groups in total. The summed E-state index contributed by atoms with van der Waals surface area (Å²) >= 11 is 0. The van der Waals surface area contributed by atoms with E-state index in [4.69, 9.17) is 10.00 Å². The molecule has 3 heteroatoms. The van der Waals surface area contributed by atoms with E-state index >= 15 is 0 Å². The lowest BCUT2D eigenvalue weighted by Gasteiger charge is -2.18. The highest BCUT2D eigenvalue weighted by atomic mass is 16.5. The van der Waals surface area contributed by atoms with Gasteiger partial charge in [0.2, 0.25) is 0 Å². The van der Waals surface area contributed by atoms with Gasteiger partial charge in [-0.25, -0.2) is 0 Å². The van der Waals surface area contributed by atoms with Gasteiger partial charge in [-0.1, -0.05) is 0 Å². The van der Waals surface area contributed by atoms with Crippen LogP contribution in [0.3, 0.4) is 0 Å². The van der Waals surface area contributed by atoms with Gasteiger partial charge in [0.15, 0.2) is 5.78 Å². The second-order valence-electron chi connectivity index (χ2n) is 3.56. The van der Waals surface area contributed by atoms with Crippen LogP contribution in [0.5, 0.6) is 5.75 Å². The van der Waals surface area contributed by atoms with Crippen molar-refractivity contribution in [1.29, 1.82) is 5.26 Å². The number of ether oxygens (including phenoxy) is 1. The largest absolute Gasteiger partial charge is 0.496 e. The summed E-state index contributed by atoms with van der Waals surface area (Å²) in [6.07, 6.45) is 2.20. The number of benzene rings is 1. The van der Waals surface area contributed by atoms with Gasteiger partial charge in [0, 0.05) is 17.5 Å². The molecule has 0 amide bonds. The van der Waals surface area contributed by atoms with Crippen LogP contribution in [-0.4, -0.2) is 12.9 Å². The molecule has 0 aliphatic heterocycles. The van der Waals surface area contributed by atoms with Gasteiger partial charge >= 0.3 is 0 Å². The summed E-state index contributed by atoms with van der Waals surface area (Å²) in [5.41, 5.74) is 1.94. The first-order valence-electron chi connectivity index (χ1n) is 4.91. The zero-order chi connectivity index (χ0) is 10.8. The Bertz CT molecular complexity index is 457. The molecule has 1 aliphatic rings. The zero-order valence-electron chi connectivity index (χ0n) is 8.54. The number of nitrogens with zero attached hydrogens (tertiary/aromatic N) is 1. The monoisotopic (exact) mass is 201 g/mol. The van der Waals surface area contributed by atoms with Crippen LogP contribution in [0.2, 0.25) is 0 Å². The number of hydrogen-bond donors (Lipinski definition) is 0. The summed E-state index contributed by atoms with van der Waals surface area (Å²) < 4.78 is 5.20. The predicted octanol–water partition coefficient (Wildman–Crippen LogP) is 2.09. The minimum atomic E-state index is 0.0618. The molecule has 2 rings (SSSR count). The van der Waals surface area contributed by atoms with Crippen LogP contribution in [0.15, 0.2) is 12.1 Å². The molecule has 0 fully saturated rings. The fraction of sp³-hybridized carbons (Fsp3) is 0.333. The van der Waals surface area contributed by atoms with Gasteiger partial charge in [0.1, 0.15) is 5.75 Å². The maximum Gasteiger partial charge on any atom is 0.164 e. The minimum absolute atomic E-state index is 0.0618. The van der Waals surface area contributed by atoms with E-state index in [0.29, 0.717) is 17.5 Å². The molecule has 0 saturated carbocycles. The normalized spacial score (nSPS) is 14.3. The Labute approximate surface area is 88.3 Å². The van der Waals surface area contributed by atoms with Crippen molar-refractivity contribution in [3.05, 3.63) is 28.8 Å². The third kappa shape index (κ3) is 1.48. The number of fused-ring (bicyclic) bond motifs is 1. The molecule has 0 aromatic heterocycles. The molecule has 1 aromatic rings. The second kappa shape index (κ2) is 3.74. The number of ketones is 1. The summed E-state index contributed by atoms with van der Waals surface area (Å²) in [4.78, 5) is 11.7. The zero-order valence-corrected chi connectivity index (χ0v) is 8.54. The quantitative estimate of drug-likeness (QED) is 0.699. The molecule has 3 nitrogen and oxygen atoms in total. The predicted molar refractivity (Wildman–Crippen MR) is 55.0 cm³/mol. The van der Waals surface area contributed by atoms with Crippen LogP contribution >= 0.6 is 0 Å². The topological polar surface area (TPSA) is 50.1 Å². The second-order valence-corrected chi connectivity index (χ2v) is 3.56. The van der Waals surface area contributed by atoms with Gasteiger partial charge in [-0.05, 0) is 25.0 Å². The van der Waals surface area contributed by atoms with E-state index in [1.54, 1.807) is 19.2 Å². The van der Waals surface area contributed by atoms with Gasteiger partial charge in [-0.2, -0.15) is 5.26 Å². The standard InChI is InChI=1S/C12H11NO2/c1-15-11-6-5-8(7-13)12-9(11)3-2-4-10(12)14/h5-6H,2-4H2,1H3. The summed E-state index contributed by atoms with van der Waals surface area (Å²) in [6, 6.07) is 5.47. The Hall–Kier alpha value is -1.82. The Kier molecular flexibility index (Phi) is 2.42. The number of hydrogen-bond acceptors (Lipinski definition) is 3. The van der Waals surface area contributed by atoms with Crippen molar-refractivity contribution >= 4 is 5.78 Å². The summed E-state index contributed by atoms with van der Waals surface area (Å²) in [5, 5.41) is 8.93. The highest BCUT2D eigenvalue weighted by Gasteiger charge is 2.23. The Morgan fingerprint density at radius 2 is 2.20 bits per heavy atom. The highest BCUT2D eigenvalue weighted by Crippen LogP contribution is 2.31. The van der Waals surface area contributed by atoms with Crippen LogP contribution in [0.25, 0.3) is 0 Å². The maximum atomic E-state index is 11.7. The van der Waals surface area contributed by atoms with E-state index in [0.717, 1.165) is 24.2 Å². The molecule has 76 valence electrons. The number of methoxy groups -OCH3 is 1. The van der Waals surface area contributed by atoms with Crippen LogP contribution in [0.4, 0.5) is 0 Å². The molecule has 0 saturated heterocycles. The van der Waals surface area contributed by atoms with E-state index in [1.165, 1.54) is 0 Å². The van der Waals surface area contributed by atoms with Gasteiger partial charge in [-0.15, -0.1) is 0 Å². The van der Waals surface area contributed by atoms with E-state index in [9.17, 15) is 4.79 Å². The van der Waals surface area contributed by atoms with E-state index < -0.39 is 0 Å². The van der Waals surface area contributed by atoms with Crippen LogP contribution in [0.1, 0.15) is 34.3 Å². The summed E-state index contributed by atoms with van der Waals surface area (Å²) in [5.74, 6) is 0.781. The lowest BCUT2D eigenvalue weighted by atomic mass is 9.87. The smallest absolute Gasteiger partial charge is 0.164 e. The summed E-state index contributed by atoms with van der Waals surface area (Å²) in [6.45, 7) is 0. The van der Waals surface area contributed by atoms with E-state index in [2.05, 4.69) is 6.07 Å². The molecule has 0 heterocycles. The van der Waals surface area contributed by atoms with Gasteiger partial charge in [0.05, 0.1) is 18.7 Å². The third-order valence-corrected chi connectivity index (χ3v) is 2.72. The van der Waals surface area contributed by atoms with Crippen molar-refractivity contribution in [2.45, 2.75) is 19.3 Å². The Balaban J connectivity index is 2.68. The number of nitriles is 1. The lowest BCUT2D eigenvalue weighted by Crippen LogP contribution is -2.14. The number of carbonyl (C=O) groups excluding carboxylic acids is 1. The average molecular weight is 201 g/mol. The van der Waals surface area contributed by atoms with Gasteiger partial charge < -0.3 is 4.74 Å². The Morgan fingerprint density at radius 1 is 1.40 bits per heavy atom. The number of Topliss-reactive ketones (excluding diaryl/α,β-unsaturated/α-hetero) is 1. The molecule has 0 radical (unpaired) electrons. The number of rotatable bonds is 1. The van der Waals surface area contributed by atoms with Crippen molar-refractivity contribution in [3.63, 3.8) is 0 Å². The number of carbonyl (C=O) groups is 1. The van der Waals surface area contributed by atoms with Crippen molar-refractivity contribution in [1.82, 2.24) is 0 Å².